The van der Waals surface area contributed by atoms with Crippen LogP contribution in [0.5, 0.6) is 0 Å². The van der Waals surface area contributed by atoms with E-state index in [9.17, 15) is 26.4 Å². The van der Waals surface area contributed by atoms with Crippen molar-refractivity contribution in [3.8, 4) is 0 Å². The summed E-state index contributed by atoms with van der Waals surface area (Å²) in [5, 5.41) is 2.66. The van der Waals surface area contributed by atoms with E-state index < -0.39 is 20.0 Å². The number of benzene rings is 2. The smallest absolute Gasteiger partial charge is 0.242 e. The third kappa shape index (κ3) is 6.22. The molecule has 0 atom stereocenters. The van der Waals surface area contributed by atoms with Gasteiger partial charge in [-0.25, -0.2) is 25.4 Å². The number of carbonyl (C=O) groups is 2. The molecular formula is C21H27N3O6S2. The minimum Gasteiger partial charge on any atom is -0.326 e. The second-order valence-corrected chi connectivity index (χ2v) is 11.6. The highest BCUT2D eigenvalue weighted by atomic mass is 32.2. The normalized spacial score (nSPS) is 12.2. The van der Waals surface area contributed by atoms with Gasteiger partial charge in [-0.05, 0) is 49.7 Å². The SMILES string of the molecule is CC(=O)c1ccc(S(=O)(=O)N(C)CCCC(=O)Nc2ccc(S(=O)(=O)N(C)C)cc2)cc1. The molecule has 0 fully saturated rings. The molecule has 2 aromatic carbocycles. The molecule has 1 amide bonds. The predicted octanol–water partition coefficient (Wildman–Crippen LogP) is 2.18. The maximum atomic E-state index is 12.6. The van der Waals surface area contributed by atoms with Crippen LogP contribution in [0.25, 0.3) is 0 Å². The van der Waals surface area contributed by atoms with Gasteiger partial charge in [-0.2, -0.15) is 0 Å². The maximum absolute atomic E-state index is 12.6. The first-order chi connectivity index (χ1) is 14.9. The zero-order valence-corrected chi connectivity index (χ0v) is 20.0. The molecule has 0 aliphatic rings. The number of sulfonamides is 2. The van der Waals surface area contributed by atoms with Crippen molar-refractivity contribution in [3.63, 3.8) is 0 Å². The van der Waals surface area contributed by atoms with E-state index in [1.54, 1.807) is 0 Å². The molecule has 2 aromatic rings. The highest BCUT2D eigenvalue weighted by Crippen LogP contribution is 2.18. The van der Waals surface area contributed by atoms with Crippen molar-refractivity contribution in [2.45, 2.75) is 29.6 Å². The first-order valence-electron chi connectivity index (χ1n) is 9.75. The molecule has 0 spiro atoms. The highest BCUT2D eigenvalue weighted by Gasteiger charge is 2.21. The fourth-order valence-corrected chi connectivity index (χ4v) is 4.88. The number of rotatable bonds is 10. The molecule has 0 bridgehead atoms. The summed E-state index contributed by atoms with van der Waals surface area (Å²) in [6, 6.07) is 11.5. The number of Topliss-reactive ketones (excluding diaryl/α,β-unsaturated/α-hetero) is 1. The summed E-state index contributed by atoms with van der Waals surface area (Å²) in [5.41, 5.74) is 0.870. The molecule has 0 radical (unpaired) electrons. The van der Waals surface area contributed by atoms with E-state index >= 15 is 0 Å². The van der Waals surface area contributed by atoms with Gasteiger partial charge >= 0.3 is 0 Å². The van der Waals surface area contributed by atoms with E-state index in [0.717, 1.165) is 8.61 Å². The van der Waals surface area contributed by atoms with Crippen molar-refractivity contribution in [1.29, 1.82) is 0 Å². The Bertz CT molecular complexity index is 1170. The van der Waals surface area contributed by atoms with E-state index in [0.29, 0.717) is 17.7 Å². The Morgan fingerprint density at radius 3 is 1.81 bits per heavy atom. The van der Waals surface area contributed by atoms with Gasteiger partial charge in [-0.1, -0.05) is 12.1 Å². The Morgan fingerprint density at radius 2 is 1.31 bits per heavy atom. The molecule has 174 valence electrons. The summed E-state index contributed by atoms with van der Waals surface area (Å²) in [7, 11) is -2.99. The number of carbonyl (C=O) groups excluding carboxylic acids is 2. The molecule has 32 heavy (non-hydrogen) atoms. The minimum atomic E-state index is -3.73. The van der Waals surface area contributed by atoms with Gasteiger partial charge < -0.3 is 5.32 Å². The van der Waals surface area contributed by atoms with Crippen molar-refractivity contribution in [2.75, 3.05) is 33.0 Å². The van der Waals surface area contributed by atoms with Gasteiger partial charge in [-0.3, -0.25) is 9.59 Å². The quantitative estimate of drug-likeness (QED) is 0.519. The van der Waals surface area contributed by atoms with Crippen LogP contribution in [0.3, 0.4) is 0 Å². The summed E-state index contributed by atoms with van der Waals surface area (Å²) in [5.74, 6) is -0.466. The minimum absolute atomic E-state index is 0.0715. The molecular weight excluding hydrogens is 454 g/mol. The Kier molecular flexibility index (Phi) is 8.29. The summed E-state index contributed by atoms with van der Waals surface area (Å²) < 4.78 is 51.7. The fraction of sp³-hybridized carbons (Fsp3) is 0.333. The van der Waals surface area contributed by atoms with Crippen molar-refractivity contribution in [1.82, 2.24) is 8.61 Å². The number of amides is 1. The van der Waals surface area contributed by atoms with E-state index in [-0.39, 0.29) is 34.4 Å². The lowest BCUT2D eigenvalue weighted by Gasteiger charge is -2.17. The van der Waals surface area contributed by atoms with E-state index in [1.165, 1.54) is 76.6 Å². The first kappa shape index (κ1) is 25.7. The van der Waals surface area contributed by atoms with Crippen LogP contribution in [0.2, 0.25) is 0 Å². The lowest BCUT2D eigenvalue weighted by atomic mass is 10.2. The van der Waals surface area contributed by atoms with Gasteiger partial charge in [0.05, 0.1) is 9.79 Å². The van der Waals surface area contributed by atoms with E-state index in [2.05, 4.69) is 5.32 Å². The molecule has 0 saturated carbocycles. The van der Waals surface area contributed by atoms with Crippen LogP contribution in [0.15, 0.2) is 58.3 Å². The van der Waals surface area contributed by atoms with Gasteiger partial charge in [0, 0.05) is 45.4 Å². The average molecular weight is 482 g/mol. The lowest BCUT2D eigenvalue weighted by molar-refractivity contribution is -0.116. The van der Waals surface area contributed by atoms with Crippen molar-refractivity contribution in [2.24, 2.45) is 0 Å². The van der Waals surface area contributed by atoms with E-state index in [4.69, 9.17) is 0 Å². The second-order valence-electron chi connectivity index (χ2n) is 7.37. The zero-order valence-electron chi connectivity index (χ0n) is 18.4. The molecule has 0 aliphatic carbocycles. The standard InChI is InChI=1S/C21H27N3O6S2/c1-16(25)17-7-11-20(12-8-17)32(29,30)24(4)15-5-6-21(26)22-18-9-13-19(14-10-18)31(27,28)23(2)3/h7-14H,5-6,15H2,1-4H3,(H,22,26). The number of hydrogen-bond donors (Lipinski definition) is 1. The van der Waals surface area contributed by atoms with Gasteiger partial charge in [0.2, 0.25) is 26.0 Å². The lowest BCUT2D eigenvalue weighted by Crippen LogP contribution is -2.28. The molecule has 11 heteroatoms. The van der Waals surface area contributed by atoms with Crippen LogP contribution < -0.4 is 5.32 Å². The van der Waals surface area contributed by atoms with Crippen molar-refractivity contribution < 1.29 is 26.4 Å². The van der Waals surface area contributed by atoms with Gasteiger partial charge in [-0.15, -0.1) is 0 Å². The second kappa shape index (κ2) is 10.3. The molecule has 1 N–H and O–H groups in total. The summed E-state index contributed by atoms with van der Waals surface area (Å²) in [4.78, 5) is 23.7. The Hall–Kier alpha value is -2.60. The van der Waals surface area contributed by atoms with Crippen LogP contribution in [0, 0.1) is 0 Å². The summed E-state index contributed by atoms with van der Waals surface area (Å²) in [6.45, 7) is 1.53. The van der Waals surface area contributed by atoms with Crippen LogP contribution >= 0.6 is 0 Å². The Morgan fingerprint density at radius 1 is 0.812 bits per heavy atom. The third-order valence-corrected chi connectivity index (χ3v) is 8.46. The third-order valence-electron chi connectivity index (χ3n) is 4.76. The van der Waals surface area contributed by atoms with Crippen LogP contribution in [0.1, 0.15) is 30.1 Å². The number of anilines is 1. The fourth-order valence-electron chi connectivity index (χ4n) is 2.77. The highest BCUT2D eigenvalue weighted by molar-refractivity contribution is 7.89. The van der Waals surface area contributed by atoms with E-state index in [1.807, 2.05) is 0 Å². The molecule has 2 rings (SSSR count). The van der Waals surface area contributed by atoms with Crippen LogP contribution in [0.4, 0.5) is 5.69 Å². The Labute approximate surface area is 189 Å². The van der Waals surface area contributed by atoms with Gasteiger partial charge in [0.1, 0.15) is 0 Å². The largest absolute Gasteiger partial charge is 0.326 e. The van der Waals surface area contributed by atoms with Gasteiger partial charge in [0.15, 0.2) is 5.78 Å². The topological polar surface area (TPSA) is 121 Å². The number of hydrogen-bond acceptors (Lipinski definition) is 6. The van der Waals surface area contributed by atoms with Crippen molar-refractivity contribution in [3.05, 3.63) is 54.1 Å². The van der Waals surface area contributed by atoms with Crippen molar-refractivity contribution >= 4 is 37.4 Å². The van der Waals surface area contributed by atoms with Gasteiger partial charge in [0.25, 0.3) is 0 Å². The first-order valence-corrected chi connectivity index (χ1v) is 12.6. The summed E-state index contributed by atoms with van der Waals surface area (Å²) >= 11 is 0. The summed E-state index contributed by atoms with van der Waals surface area (Å²) in [6.07, 6.45) is 0.376. The number of nitrogens with one attached hydrogen (secondary N) is 1. The van der Waals surface area contributed by atoms with Crippen LogP contribution in [-0.2, 0) is 24.8 Å². The number of nitrogens with zero attached hydrogens (tertiary/aromatic N) is 2. The average Bonchev–Trinajstić information content (AvgIpc) is 2.73. The molecule has 0 heterocycles. The monoisotopic (exact) mass is 481 g/mol. The predicted molar refractivity (Wildman–Crippen MR) is 121 cm³/mol. The maximum Gasteiger partial charge on any atom is 0.242 e. The zero-order chi connectivity index (χ0) is 24.1. The molecule has 9 nitrogen and oxygen atoms in total. The Balaban J connectivity index is 1.90. The molecule has 0 saturated heterocycles. The van der Waals surface area contributed by atoms with Crippen LogP contribution in [-0.4, -0.2) is 64.8 Å². The molecule has 0 aromatic heterocycles. The number of ketones is 1. The molecule has 0 aliphatic heterocycles. The molecule has 0 unspecified atom stereocenters.